The molecule has 3 rings (SSSR count). The molecule has 0 aromatic carbocycles. The van der Waals surface area contributed by atoms with Crippen LogP contribution in [0, 0.1) is 5.92 Å². The molecule has 0 radical (unpaired) electrons. The summed E-state index contributed by atoms with van der Waals surface area (Å²) < 4.78 is 4.38. The highest BCUT2D eigenvalue weighted by Crippen LogP contribution is 2.39. The third-order valence-electron chi connectivity index (χ3n) is 3.09. The summed E-state index contributed by atoms with van der Waals surface area (Å²) in [5, 5.41) is 7.77. The first-order chi connectivity index (χ1) is 7.42. The van der Waals surface area contributed by atoms with Gasteiger partial charge in [-0.05, 0) is 38.3 Å². The van der Waals surface area contributed by atoms with E-state index in [4.69, 9.17) is 0 Å². The fraction of sp³-hybridized carbons (Fsp3) is 0.800. The molecular formula is C10H16N4S. The highest BCUT2D eigenvalue weighted by Gasteiger charge is 2.27. The van der Waals surface area contributed by atoms with Crippen LogP contribution >= 0.6 is 11.5 Å². The molecule has 2 heterocycles. The number of rotatable bonds is 4. The third-order valence-corrected chi connectivity index (χ3v) is 3.78. The smallest absolute Gasteiger partial charge is 0.202 e. The van der Waals surface area contributed by atoms with Gasteiger partial charge in [-0.25, -0.2) is 4.98 Å². The summed E-state index contributed by atoms with van der Waals surface area (Å²) >= 11 is 1.51. The lowest BCUT2D eigenvalue weighted by Crippen LogP contribution is -2.17. The average molecular weight is 224 g/mol. The van der Waals surface area contributed by atoms with E-state index in [1.807, 2.05) is 0 Å². The number of aromatic nitrogens is 2. The average Bonchev–Trinajstić information content (AvgIpc) is 2.82. The molecule has 15 heavy (non-hydrogen) atoms. The highest BCUT2D eigenvalue weighted by atomic mass is 32.1. The van der Waals surface area contributed by atoms with Gasteiger partial charge in [0.25, 0.3) is 0 Å². The zero-order chi connectivity index (χ0) is 10.1. The highest BCUT2D eigenvalue weighted by molar-refractivity contribution is 7.09. The van der Waals surface area contributed by atoms with E-state index >= 15 is 0 Å². The van der Waals surface area contributed by atoms with Crippen LogP contribution in [-0.4, -0.2) is 29.0 Å². The van der Waals surface area contributed by atoms with Gasteiger partial charge in [-0.2, -0.15) is 4.37 Å². The molecule has 5 heteroatoms. The van der Waals surface area contributed by atoms with Crippen LogP contribution in [0.2, 0.25) is 0 Å². The van der Waals surface area contributed by atoms with Crippen molar-refractivity contribution < 1.29 is 0 Å². The van der Waals surface area contributed by atoms with Crippen molar-refractivity contribution in [3.05, 3.63) is 5.82 Å². The zero-order valence-corrected chi connectivity index (χ0v) is 9.52. The fourth-order valence-electron chi connectivity index (χ4n) is 1.93. The lowest BCUT2D eigenvalue weighted by atomic mass is 10.1. The van der Waals surface area contributed by atoms with Crippen LogP contribution in [0.5, 0.6) is 0 Å². The van der Waals surface area contributed by atoms with Crippen molar-refractivity contribution in [1.29, 1.82) is 0 Å². The Kier molecular flexibility index (Phi) is 2.58. The van der Waals surface area contributed by atoms with Crippen molar-refractivity contribution in [3.63, 3.8) is 0 Å². The Morgan fingerprint density at radius 3 is 3.07 bits per heavy atom. The van der Waals surface area contributed by atoms with E-state index in [1.165, 1.54) is 30.8 Å². The first kappa shape index (κ1) is 9.54. The third kappa shape index (κ3) is 2.29. The van der Waals surface area contributed by atoms with Crippen molar-refractivity contribution in [1.82, 2.24) is 14.7 Å². The number of anilines is 1. The van der Waals surface area contributed by atoms with E-state index in [0.717, 1.165) is 36.5 Å². The van der Waals surface area contributed by atoms with Crippen LogP contribution in [0.25, 0.3) is 0 Å². The van der Waals surface area contributed by atoms with Crippen LogP contribution in [0.15, 0.2) is 0 Å². The minimum Gasteiger partial charge on any atom is -0.360 e. The first-order valence-corrected chi connectivity index (χ1v) is 6.47. The van der Waals surface area contributed by atoms with Crippen LogP contribution in [0.4, 0.5) is 5.13 Å². The van der Waals surface area contributed by atoms with Gasteiger partial charge in [0.15, 0.2) is 0 Å². The second kappa shape index (κ2) is 4.06. The number of hydrogen-bond donors (Lipinski definition) is 2. The number of nitrogens with zero attached hydrogens (tertiary/aromatic N) is 2. The second-order valence-electron chi connectivity index (χ2n) is 4.47. The van der Waals surface area contributed by atoms with Crippen LogP contribution < -0.4 is 10.6 Å². The van der Waals surface area contributed by atoms with Gasteiger partial charge in [0.05, 0.1) is 0 Å². The summed E-state index contributed by atoms with van der Waals surface area (Å²) in [6.45, 7) is 3.34. The molecule has 1 aromatic rings. The SMILES string of the molecule is C1CC(CNc2nc(C3CC3)ns2)CN1. The lowest BCUT2D eigenvalue weighted by molar-refractivity contribution is 0.615. The molecule has 1 aliphatic carbocycles. The summed E-state index contributed by atoms with van der Waals surface area (Å²) in [5.41, 5.74) is 0. The van der Waals surface area contributed by atoms with Gasteiger partial charge in [0, 0.05) is 24.0 Å². The van der Waals surface area contributed by atoms with E-state index in [9.17, 15) is 0 Å². The maximum atomic E-state index is 4.51. The monoisotopic (exact) mass is 224 g/mol. The molecule has 2 aliphatic rings. The van der Waals surface area contributed by atoms with Crippen molar-refractivity contribution in [2.45, 2.75) is 25.2 Å². The fourth-order valence-corrected chi connectivity index (χ4v) is 2.59. The van der Waals surface area contributed by atoms with Gasteiger partial charge >= 0.3 is 0 Å². The van der Waals surface area contributed by atoms with Gasteiger partial charge in [-0.1, -0.05) is 0 Å². The maximum Gasteiger partial charge on any atom is 0.202 e. The molecule has 0 amide bonds. The lowest BCUT2D eigenvalue weighted by Gasteiger charge is -2.07. The van der Waals surface area contributed by atoms with Gasteiger partial charge in [-0.15, -0.1) is 0 Å². The summed E-state index contributed by atoms with van der Waals surface area (Å²) in [4.78, 5) is 4.51. The van der Waals surface area contributed by atoms with Crippen molar-refractivity contribution >= 4 is 16.7 Å². The summed E-state index contributed by atoms with van der Waals surface area (Å²) in [6, 6.07) is 0. The Bertz CT molecular complexity index is 328. The van der Waals surface area contributed by atoms with Crippen LogP contribution in [-0.2, 0) is 0 Å². The standard InChI is InChI=1S/C10H16N4S/c1-2-8(1)9-13-10(15-14-9)12-6-7-3-4-11-5-7/h7-8,11H,1-6H2,(H,12,13,14). The Balaban J connectivity index is 1.52. The predicted molar refractivity (Wildman–Crippen MR) is 61.4 cm³/mol. The molecule has 82 valence electrons. The minimum absolute atomic E-state index is 0.671. The Hall–Kier alpha value is -0.680. The topological polar surface area (TPSA) is 49.8 Å². The van der Waals surface area contributed by atoms with E-state index in [-0.39, 0.29) is 0 Å². The Morgan fingerprint density at radius 1 is 1.40 bits per heavy atom. The molecule has 4 nitrogen and oxygen atoms in total. The largest absolute Gasteiger partial charge is 0.360 e. The van der Waals surface area contributed by atoms with E-state index in [2.05, 4.69) is 20.0 Å². The molecule has 0 spiro atoms. The molecular weight excluding hydrogens is 208 g/mol. The number of nitrogens with one attached hydrogen (secondary N) is 2. The van der Waals surface area contributed by atoms with Gasteiger partial charge < -0.3 is 10.6 Å². The second-order valence-corrected chi connectivity index (χ2v) is 5.22. The molecule has 0 bridgehead atoms. The number of hydrogen-bond acceptors (Lipinski definition) is 5. The van der Waals surface area contributed by atoms with Crippen molar-refractivity contribution in [3.8, 4) is 0 Å². The molecule has 2 fully saturated rings. The van der Waals surface area contributed by atoms with Gasteiger partial charge in [0.1, 0.15) is 5.82 Å². The van der Waals surface area contributed by atoms with E-state index in [1.54, 1.807) is 0 Å². The molecule has 1 aromatic heterocycles. The molecule has 1 unspecified atom stereocenters. The van der Waals surface area contributed by atoms with Crippen LogP contribution in [0.1, 0.15) is 31.0 Å². The molecule has 1 aliphatic heterocycles. The summed E-state index contributed by atoms with van der Waals surface area (Å²) in [6.07, 6.45) is 3.84. The van der Waals surface area contributed by atoms with E-state index in [0.29, 0.717) is 5.92 Å². The Labute approximate surface area is 93.7 Å². The quantitative estimate of drug-likeness (QED) is 0.812. The molecule has 2 N–H and O–H groups in total. The molecule has 1 saturated heterocycles. The van der Waals surface area contributed by atoms with E-state index < -0.39 is 0 Å². The van der Waals surface area contributed by atoms with Gasteiger partial charge in [0.2, 0.25) is 5.13 Å². The predicted octanol–water partition coefficient (Wildman–Crippen LogP) is 1.44. The zero-order valence-electron chi connectivity index (χ0n) is 8.70. The van der Waals surface area contributed by atoms with Gasteiger partial charge in [-0.3, -0.25) is 0 Å². The minimum atomic E-state index is 0.671. The molecule has 1 saturated carbocycles. The Morgan fingerprint density at radius 2 is 2.33 bits per heavy atom. The van der Waals surface area contributed by atoms with Crippen molar-refractivity contribution in [2.75, 3.05) is 25.0 Å². The normalized spacial score (nSPS) is 25.7. The summed E-state index contributed by atoms with van der Waals surface area (Å²) in [7, 11) is 0. The summed E-state index contributed by atoms with van der Waals surface area (Å²) in [5.74, 6) is 2.50. The van der Waals surface area contributed by atoms with Crippen LogP contribution in [0.3, 0.4) is 0 Å². The first-order valence-electron chi connectivity index (χ1n) is 5.70. The maximum absolute atomic E-state index is 4.51. The molecule has 1 atom stereocenters. The van der Waals surface area contributed by atoms with Crippen molar-refractivity contribution in [2.24, 2.45) is 5.92 Å².